The van der Waals surface area contributed by atoms with Gasteiger partial charge in [-0.05, 0) is 32.4 Å². The van der Waals surface area contributed by atoms with Crippen LogP contribution in [0.4, 0.5) is 0 Å². The minimum Gasteiger partial charge on any atom is -0.494 e. The summed E-state index contributed by atoms with van der Waals surface area (Å²) in [7, 11) is 1.80. The Morgan fingerprint density at radius 2 is 1.92 bits per heavy atom. The molecule has 0 aromatic heterocycles. The van der Waals surface area contributed by atoms with E-state index in [-0.39, 0.29) is 5.54 Å². The van der Waals surface area contributed by atoms with Gasteiger partial charge in [0.1, 0.15) is 5.75 Å². The number of hydrogen-bond acceptors (Lipinski definition) is 4. The molecule has 140 valence electrons. The second kappa shape index (κ2) is 10.3. The molecule has 0 radical (unpaired) electrons. The zero-order valence-corrected chi connectivity index (χ0v) is 15.8. The van der Waals surface area contributed by atoms with E-state index < -0.39 is 0 Å². The van der Waals surface area contributed by atoms with Crippen molar-refractivity contribution in [1.29, 1.82) is 0 Å². The van der Waals surface area contributed by atoms with E-state index in [1.807, 2.05) is 30.3 Å². The Labute approximate surface area is 151 Å². The summed E-state index contributed by atoms with van der Waals surface area (Å²) in [5, 5.41) is 6.78. The maximum Gasteiger partial charge on any atom is 0.191 e. The number of rotatable bonds is 8. The van der Waals surface area contributed by atoms with Gasteiger partial charge >= 0.3 is 0 Å². The van der Waals surface area contributed by atoms with Gasteiger partial charge in [-0.3, -0.25) is 9.89 Å². The van der Waals surface area contributed by atoms with Gasteiger partial charge in [-0.15, -0.1) is 0 Å². The van der Waals surface area contributed by atoms with E-state index in [0.717, 1.165) is 57.5 Å². The zero-order valence-electron chi connectivity index (χ0n) is 15.8. The molecule has 0 aliphatic carbocycles. The summed E-state index contributed by atoms with van der Waals surface area (Å²) in [6.07, 6.45) is 0.919. The van der Waals surface area contributed by atoms with Crippen molar-refractivity contribution in [2.75, 3.05) is 53.0 Å². The van der Waals surface area contributed by atoms with Gasteiger partial charge < -0.3 is 20.1 Å². The number of aliphatic imine (C=N–C) groups is 1. The lowest BCUT2D eigenvalue weighted by molar-refractivity contribution is -0.00833. The van der Waals surface area contributed by atoms with Crippen molar-refractivity contribution in [3.05, 3.63) is 30.3 Å². The Morgan fingerprint density at radius 1 is 1.20 bits per heavy atom. The first-order valence-electron chi connectivity index (χ1n) is 9.07. The lowest BCUT2D eigenvalue weighted by atomic mass is 10.0. The number of hydrogen-bond donors (Lipinski definition) is 2. The van der Waals surface area contributed by atoms with Gasteiger partial charge in [-0.2, -0.15) is 0 Å². The molecule has 25 heavy (non-hydrogen) atoms. The molecule has 1 fully saturated rings. The van der Waals surface area contributed by atoms with Gasteiger partial charge in [0.05, 0.1) is 19.8 Å². The SMILES string of the molecule is CN=C(NCCCOc1ccccc1)NCC(C)(C)N1CCOCC1. The lowest BCUT2D eigenvalue weighted by Gasteiger charge is -2.41. The molecule has 0 spiro atoms. The van der Waals surface area contributed by atoms with Crippen molar-refractivity contribution in [2.45, 2.75) is 25.8 Å². The normalized spacial score (nSPS) is 16.5. The molecule has 0 bridgehead atoms. The van der Waals surface area contributed by atoms with Gasteiger partial charge in [-0.1, -0.05) is 18.2 Å². The number of guanidine groups is 1. The highest BCUT2D eigenvalue weighted by Gasteiger charge is 2.28. The Balaban J connectivity index is 1.63. The average molecular weight is 348 g/mol. The molecule has 6 heteroatoms. The molecule has 0 atom stereocenters. The van der Waals surface area contributed by atoms with Gasteiger partial charge in [0.2, 0.25) is 0 Å². The quantitative estimate of drug-likeness (QED) is 0.426. The highest BCUT2D eigenvalue weighted by Crippen LogP contribution is 2.15. The number of nitrogens with zero attached hydrogens (tertiary/aromatic N) is 2. The van der Waals surface area contributed by atoms with Crippen LogP contribution in [0.3, 0.4) is 0 Å². The van der Waals surface area contributed by atoms with Gasteiger partial charge in [0, 0.05) is 38.8 Å². The number of morpholine rings is 1. The van der Waals surface area contributed by atoms with Gasteiger partial charge in [0.25, 0.3) is 0 Å². The predicted molar refractivity (Wildman–Crippen MR) is 102 cm³/mol. The van der Waals surface area contributed by atoms with E-state index in [0.29, 0.717) is 6.61 Å². The van der Waals surface area contributed by atoms with Crippen molar-refractivity contribution < 1.29 is 9.47 Å². The van der Waals surface area contributed by atoms with Crippen LogP contribution in [0.25, 0.3) is 0 Å². The third kappa shape index (κ3) is 6.92. The first-order valence-corrected chi connectivity index (χ1v) is 9.07. The van der Waals surface area contributed by atoms with Crippen LogP contribution in [-0.2, 0) is 4.74 Å². The summed E-state index contributed by atoms with van der Waals surface area (Å²) in [6.45, 7) is 10.5. The van der Waals surface area contributed by atoms with Crippen LogP contribution in [0.15, 0.2) is 35.3 Å². The standard InChI is InChI=1S/C19H32N4O2/c1-19(2,23-11-14-24-15-12-23)16-22-18(20-3)21-10-7-13-25-17-8-5-4-6-9-17/h4-6,8-9H,7,10-16H2,1-3H3,(H2,20,21,22). The monoisotopic (exact) mass is 348 g/mol. The molecule has 0 saturated carbocycles. The molecule has 2 N–H and O–H groups in total. The van der Waals surface area contributed by atoms with Crippen molar-refractivity contribution in [1.82, 2.24) is 15.5 Å². The Morgan fingerprint density at radius 3 is 2.60 bits per heavy atom. The molecular weight excluding hydrogens is 316 g/mol. The van der Waals surface area contributed by atoms with Crippen LogP contribution in [-0.4, -0.2) is 69.4 Å². The number of benzene rings is 1. The van der Waals surface area contributed by atoms with Crippen LogP contribution in [0, 0.1) is 0 Å². The van der Waals surface area contributed by atoms with E-state index >= 15 is 0 Å². The van der Waals surface area contributed by atoms with E-state index in [4.69, 9.17) is 9.47 Å². The maximum absolute atomic E-state index is 5.70. The fourth-order valence-corrected chi connectivity index (χ4v) is 2.79. The first kappa shape index (κ1) is 19.5. The van der Waals surface area contributed by atoms with Crippen LogP contribution in [0.2, 0.25) is 0 Å². The minimum atomic E-state index is 0.0673. The smallest absolute Gasteiger partial charge is 0.191 e. The largest absolute Gasteiger partial charge is 0.494 e. The van der Waals surface area contributed by atoms with Crippen LogP contribution in [0.1, 0.15) is 20.3 Å². The second-order valence-corrected chi connectivity index (χ2v) is 6.78. The molecule has 1 heterocycles. The van der Waals surface area contributed by atoms with Crippen molar-refractivity contribution in [2.24, 2.45) is 4.99 Å². The fourth-order valence-electron chi connectivity index (χ4n) is 2.79. The highest BCUT2D eigenvalue weighted by atomic mass is 16.5. The molecule has 1 aliphatic rings. The summed E-state index contributed by atoms with van der Waals surface area (Å²) in [4.78, 5) is 6.77. The molecule has 1 aromatic carbocycles. The summed E-state index contributed by atoms with van der Waals surface area (Å²) in [5.41, 5.74) is 0.0673. The summed E-state index contributed by atoms with van der Waals surface area (Å²) in [6, 6.07) is 9.90. The summed E-state index contributed by atoms with van der Waals surface area (Å²) >= 11 is 0. The maximum atomic E-state index is 5.70. The van der Waals surface area contributed by atoms with Crippen molar-refractivity contribution in [3.63, 3.8) is 0 Å². The van der Waals surface area contributed by atoms with Crippen LogP contribution < -0.4 is 15.4 Å². The Kier molecular flexibility index (Phi) is 8.01. The van der Waals surface area contributed by atoms with E-state index in [2.05, 4.69) is 34.4 Å². The predicted octanol–water partition coefficient (Wildman–Crippen LogP) is 1.73. The number of para-hydroxylation sites is 1. The zero-order chi connectivity index (χ0) is 18.0. The summed E-state index contributed by atoms with van der Waals surface area (Å²) in [5.74, 6) is 1.75. The van der Waals surface area contributed by atoms with E-state index in [1.54, 1.807) is 7.05 Å². The van der Waals surface area contributed by atoms with Gasteiger partial charge in [-0.25, -0.2) is 0 Å². The highest BCUT2D eigenvalue weighted by molar-refractivity contribution is 5.79. The van der Waals surface area contributed by atoms with E-state index in [9.17, 15) is 0 Å². The Hall–Kier alpha value is -1.79. The molecular formula is C19H32N4O2. The molecule has 0 amide bonds. The second-order valence-electron chi connectivity index (χ2n) is 6.78. The van der Waals surface area contributed by atoms with E-state index in [1.165, 1.54) is 0 Å². The average Bonchev–Trinajstić information content (AvgIpc) is 2.65. The number of ether oxygens (including phenoxy) is 2. The van der Waals surface area contributed by atoms with Crippen molar-refractivity contribution >= 4 is 5.96 Å². The first-order chi connectivity index (χ1) is 12.1. The summed E-state index contributed by atoms with van der Waals surface area (Å²) < 4.78 is 11.1. The third-order valence-electron chi connectivity index (χ3n) is 4.40. The molecule has 1 saturated heterocycles. The molecule has 1 aliphatic heterocycles. The lowest BCUT2D eigenvalue weighted by Crippen LogP contribution is -2.56. The molecule has 0 unspecified atom stereocenters. The topological polar surface area (TPSA) is 58.1 Å². The number of nitrogens with one attached hydrogen (secondary N) is 2. The molecule has 6 nitrogen and oxygen atoms in total. The van der Waals surface area contributed by atoms with Crippen LogP contribution >= 0.6 is 0 Å². The molecule has 2 rings (SSSR count). The van der Waals surface area contributed by atoms with Crippen molar-refractivity contribution in [3.8, 4) is 5.75 Å². The van der Waals surface area contributed by atoms with Crippen LogP contribution in [0.5, 0.6) is 5.75 Å². The van der Waals surface area contributed by atoms with Gasteiger partial charge in [0.15, 0.2) is 5.96 Å². The minimum absolute atomic E-state index is 0.0673. The molecule has 1 aromatic rings. The Bertz CT molecular complexity index is 513. The third-order valence-corrected chi connectivity index (χ3v) is 4.40. The fraction of sp³-hybridized carbons (Fsp3) is 0.632.